The molecule has 0 spiro atoms. The number of methoxy groups -OCH3 is 1. The molecule has 2 aromatic rings. The number of rotatable bonds is 3. The van der Waals surface area contributed by atoms with Gasteiger partial charge in [0.1, 0.15) is 5.75 Å². The van der Waals surface area contributed by atoms with Crippen LogP contribution in [0.4, 0.5) is 4.79 Å². The Labute approximate surface area is 130 Å². The predicted octanol–water partition coefficient (Wildman–Crippen LogP) is 3.44. The molecule has 104 valence electrons. The van der Waals surface area contributed by atoms with Crippen molar-refractivity contribution < 1.29 is 14.6 Å². The topological polar surface area (TPSA) is 58.6 Å². The minimum Gasteiger partial charge on any atom is -0.507 e. The van der Waals surface area contributed by atoms with E-state index in [1.54, 1.807) is 12.1 Å². The molecule has 0 saturated heterocycles. The highest BCUT2D eigenvalue weighted by Crippen LogP contribution is 2.27. The first-order valence-corrected chi connectivity index (χ1v) is 7.07. The van der Waals surface area contributed by atoms with Gasteiger partial charge in [-0.05, 0) is 45.9 Å². The first-order valence-electron chi connectivity index (χ1n) is 5.99. The Balaban J connectivity index is 2.40. The lowest BCUT2D eigenvalue weighted by molar-refractivity contribution is 0.168. The monoisotopic (exact) mass is 383 g/mol. The summed E-state index contributed by atoms with van der Waals surface area (Å²) in [6, 6.07) is 14.5. The second kappa shape index (κ2) is 6.60. The van der Waals surface area contributed by atoms with Gasteiger partial charge in [0.2, 0.25) is 0 Å². The third kappa shape index (κ3) is 3.41. The molecule has 0 aliphatic heterocycles. The zero-order valence-corrected chi connectivity index (χ0v) is 13.0. The van der Waals surface area contributed by atoms with Crippen LogP contribution in [0.25, 0.3) is 0 Å². The molecular weight excluding hydrogens is 369 g/mol. The van der Waals surface area contributed by atoms with Crippen molar-refractivity contribution in [2.75, 3.05) is 7.11 Å². The first kappa shape index (κ1) is 14.6. The average Bonchev–Trinajstić information content (AvgIpc) is 2.48. The lowest BCUT2D eigenvalue weighted by atomic mass is 9.99. The van der Waals surface area contributed by atoms with E-state index >= 15 is 0 Å². The molecule has 0 aliphatic rings. The minimum absolute atomic E-state index is 0.222. The number of amides is 1. The number of phenols is 1. The number of carbonyl (C=O) groups excluding carboxylic acids is 1. The molecule has 2 rings (SSSR count). The highest BCUT2D eigenvalue weighted by molar-refractivity contribution is 14.1. The summed E-state index contributed by atoms with van der Waals surface area (Å²) in [6.07, 6.45) is -0.498. The van der Waals surface area contributed by atoms with Gasteiger partial charge in [-0.25, -0.2) is 4.79 Å². The van der Waals surface area contributed by atoms with Crippen LogP contribution >= 0.6 is 22.6 Å². The quantitative estimate of drug-likeness (QED) is 0.799. The fourth-order valence-electron chi connectivity index (χ4n) is 1.88. The highest BCUT2D eigenvalue weighted by Gasteiger charge is 2.17. The number of aromatic hydroxyl groups is 1. The van der Waals surface area contributed by atoms with E-state index in [4.69, 9.17) is 0 Å². The van der Waals surface area contributed by atoms with Crippen LogP contribution in [0, 0.1) is 3.57 Å². The van der Waals surface area contributed by atoms with E-state index < -0.39 is 6.09 Å². The van der Waals surface area contributed by atoms with Crippen molar-refractivity contribution in [1.29, 1.82) is 0 Å². The Morgan fingerprint density at radius 2 is 1.90 bits per heavy atom. The van der Waals surface area contributed by atoms with Crippen LogP contribution in [-0.2, 0) is 4.74 Å². The Bertz CT molecular complexity index is 601. The smallest absolute Gasteiger partial charge is 0.407 e. The summed E-state index contributed by atoms with van der Waals surface area (Å²) in [7, 11) is 1.33. The molecule has 1 atom stereocenters. The van der Waals surface area contributed by atoms with Crippen molar-refractivity contribution in [2.24, 2.45) is 0 Å². The average molecular weight is 383 g/mol. The van der Waals surface area contributed by atoms with E-state index in [9.17, 15) is 9.90 Å². The summed E-state index contributed by atoms with van der Waals surface area (Å²) in [4.78, 5) is 11.5. The summed E-state index contributed by atoms with van der Waals surface area (Å²) >= 11 is 2.05. The summed E-state index contributed by atoms with van der Waals surface area (Å²) in [5.41, 5.74) is 1.82. The molecule has 2 aromatic carbocycles. The summed E-state index contributed by atoms with van der Waals surface area (Å²) in [5, 5.41) is 12.4. The maximum absolute atomic E-state index is 11.5. The molecule has 20 heavy (non-hydrogen) atoms. The maximum Gasteiger partial charge on any atom is 0.407 e. The number of nitrogens with one attached hydrogen (secondary N) is 1. The maximum atomic E-state index is 11.5. The molecule has 0 fully saturated rings. The normalized spacial score (nSPS) is 11.7. The number of hydrogen-bond acceptors (Lipinski definition) is 3. The third-order valence-electron chi connectivity index (χ3n) is 2.89. The van der Waals surface area contributed by atoms with Crippen LogP contribution < -0.4 is 5.32 Å². The van der Waals surface area contributed by atoms with Crippen LogP contribution in [0.2, 0.25) is 0 Å². The van der Waals surface area contributed by atoms with Crippen molar-refractivity contribution in [3.63, 3.8) is 0 Å². The number of alkyl carbamates (subject to hydrolysis) is 1. The highest BCUT2D eigenvalue weighted by atomic mass is 127. The predicted molar refractivity (Wildman–Crippen MR) is 84.6 cm³/mol. The van der Waals surface area contributed by atoms with E-state index in [0.717, 1.165) is 14.7 Å². The van der Waals surface area contributed by atoms with Gasteiger partial charge in [-0.15, -0.1) is 0 Å². The fraction of sp³-hybridized carbons (Fsp3) is 0.133. The Kier molecular flexibility index (Phi) is 4.84. The van der Waals surface area contributed by atoms with Crippen LogP contribution in [0.5, 0.6) is 5.75 Å². The van der Waals surface area contributed by atoms with Crippen molar-refractivity contribution in [1.82, 2.24) is 5.32 Å². The van der Waals surface area contributed by atoms with Gasteiger partial charge < -0.3 is 15.2 Å². The molecule has 2 N–H and O–H groups in total. The van der Waals surface area contributed by atoms with E-state index in [-0.39, 0.29) is 11.8 Å². The van der Waals surface area contributed by atoms with Gasteiger partial charge in [-0.3, -0.25) is 0 Å². The number of halogens is 1. The minimum atomic E-state index is -0.498. The molecule has 0 radical (unpaired) electrons. The van der Waals surface area contributed by atoms with Gasteiger partial charge in [0.05, 0.1) is 16.7 Å². The molecule has 0 unspecified atom stereocenters. The van der Waals surface area contributed by atoms with Crippen LogP contribution in [0.1, 0.15) is 17.2 Å². The third-order valence-corrected chi connectivity index (χ3v) is 3.75. The van der Waals surface area contributed by atoms with Gasteiger partial charge in [0.15, 0.2) is 0 Å². The SMILES string of the molecule is COC(=O)N[C@H](c1ccccc1)c1ccc(O)c(I)c1. The first-order chi connectivity index (χ1) is 9.61. The zero-order chi connectivity index (χ0) is 14.5. The Morgan fingerprint density at radius 3 is 2.50 bits per heavy atom. The molecule has 0 heterocycles. The molecule has 1 amide bonds. The summed E-state index contributed by atoms with van der Waals surface area (Å²) in [5.74, 6) is 0.222. The molecule has 0 aromatic heterocycles. The van der Waals surface area contributed by atoms with Gasteiger partial charge in [-0.2, -0.15) is 0 Å². The summed E-state index contributed by atoms with van der Waals surface area (Å²) in [6.45, 7) is 0. The van der Waals surface area contributed by atoms with Crippen LogP contribution in [0.15, 0.2) is 48.5 Å². The summed E-state index contributed by atoms with van der Waals surface area (Å²) < 4.78 is 5.41. The van der Waals surface area contributed by atoms with Gasteiger partial charge in [-0.1, -0.05) is 36.4 Å². The molecule has 5 heteroatoms. The van der Waals surface area contributed by atoms with Gasteiger partial charge in [0.25, 0.3) is 0 Å². The lowest BCUT2D eigenvalue weighted by Crippen LogP contribution is -2.29. The fourth-order valence-corrected chi connectivity index (χ4v) is 2.42. The van der Waals surface area contributed by atoms with E-state index in [2.05, 4.69) is 32.6 Å². The van der Waals surface area contributed by atoms with Crippen molar-refractivity contribution in [2.45, 2.75) is 6.04 Å². The number of phenolic OH excluding ortho intramolecular Hbond substituents is 1. The van der Waals surface area contributed by atoms with Crippen molar-refractivity contribution >= 4 is 28.7 Å². The standard InChI is InChI=1S/C15H14INO3/c1-20-15(19)17-14(10-5-3-2-4-6-10)11-7-8-13(18)12(16)9-11/h2-9,14,18H,1H3,(H,17,19)/t14-/m1/s1. The molecule has 0 saturated carbocycles. The van der Waals surface area contributed by atoms with Gasteiger partial charge >= 0.3 is 6.09 Å². The van der Waals surface area contributed by atoms with Gasteiger partial charge in [0, 0.05) is 0 Å². The van der Waals surface area contributed by atoms with Crippen molar-refractivity contribution in [3.05, 3.63) is 63.2 Å². The number of ether oxygens (including phenoxy) is 1. The second-order valence-corrected chi connectivity index (χ2v) is 5.35. The van der Waals surface area contributed by atoms with E-state index in [1.807, 2.05) is 36.4 Å². The van der Waals surface area contributed by atoms with Crippen molar-refractivity contribution in [3.8, 4) is 5.75 Å². The second-order valence-electron chi connectivity index (χ2n) is 4.19. The zero-order valence-electron chi connectivity index (χ0n) is 10.8. The number of hydrogen-bond donors (Lipinski definition) is 2. The molecule has 0 bridgehead atoms. The molecular formula is C15H14INO3. The Hall–Kier alpha value is -1.76. The largest absolute Gasteiger partial charge is 0.507 e. The van der Waals surface area contributed by atoms with E-state index in [0.29, 0.717) is 0 Å². The Morgan fingerprint density at radius 1 is 1.20 bits per heavy atom. The number of carbonyl (C=O) groups is 1. The van der Waals surface area contributed by atoms with E-state index in [1.165, 1.54) is 7.11 Å². The number of benzene rings is 2. The molecule has 4 nitrogen and oxygen atoms in total. The molecule has 0 aliphatic carbocycles. The lowest BCUT2D eigenvalue weighted by Gasteiger charge is -2.19. The van der Waals surface area contributed by atoms with Crippen LogP contribution in [-0.4, -0.2) is 18.3 Å². The van der Waals surface area contributed by atoms with Crippen LogP contribution in [0.3, 0.4) is 0 Å².